The number of aromatic nitrogens is 2. The molecule has 12 heteroatoms. The standard InChI is InChI=1S/C21H13BrCl3FN4O2S/c1-8-13(22)18(32-2)15(25)17(14(8)24)30-21(31)10-6-33-19-16(10)27-7-28-20(19)29-9-3-4-12(26)11(23)5-9/h3-7H,1-2H3,(H,30,31)(H,27,28,29). The molecule has 6 nitrogen and oxygen atoms in total. The first-order valence-electron chi connectivity index (χ1n) is 9.19. The summed E-state index contributed by atoms with van der Waals surface area (Å²) in [4.78, 5) is 21.6. The molecule has 4 aromatic rings. The second-order valence-electron chi connectivity index (χ2n) is 6.73. The summed E-state index contributed by atoms with van der Waals surface area (Å²) in [6, 6.07) is 4.22. The summed E-state index contributed by atoms with van der Waals surface area (Å²) in [6.07, 6.45) is 1.33. The maximum absolute atomic E-state index is 13.5. The zero-order valence-electron chi connectivity index (χ0n) is 16.9. The van der Waals surface area contributed by atoms with Gasteiger partial charge in [0.1, 0.15) is 17.2 Å². The molecule has 0 aliphatic heterocycles. The van der Waals surface area contributed by atoms with Crippen LogP contribution < -0.4 is 15.4 Å². The molecule has 0 radical (unpaired) electrons. The highest BCUT2D eigenvalue weighted by molar-refractivity contribution is 9.10. The maximum atomic E-state index is 13.5. The van der Waals surface area contributed by atoms with E-state index >= 15 is 0 Å². The third kappa shape index (κ3) is 4.48. The van der Waals surface area contributed by atoms with Crippen LogP contribution in [0, 0.1) is 12.7 Å². The van der Waals surface area contributed by atoms with Gasteiger partial charge in [0.15, 0.2) is 11.6 Å². The number of rotatable bonds is 5. The summed E-state index contributed by atoms with van der Waals surface area (Å²) in [7, 11) is 1.47. The van der Waals surface area contributed by atoms with Gasteiger partial charge in [-0.15, -0.1) is 11.3 Å². The molecule has 2 aromatic carbocycles. The summed E-state index contributed by atoms with van der Waals surface area (Å²) in [5.41, 5.74) is 2.17. The molecule has 0 aliphatic carbocycles. The van der Waals surface area contributed by atoms with Crippen LogP contribution in [0.5, 0.6) is 5.75 Å². The summed E-state index contributed by atoms with van der Waals surface area (Å²) in [5.74, 6) is -0.176. The first-order chi connectivity index (χ1) is 15.7. The average Bonchev–Trinajstić information content (AvgIpc) is 3.23. The van der Waals surface area contributed by atoms with Gasteiger partial charge in [0.25, 0.3) is 5.91 Å². The number of halogens is 5. The van der Waals surface area contributed by atoms with Crippen LogP contribution in [0.15, 0.2) is 34.4 Å². The van der Waals surface area contributed by atoms with Gasteiger partial charge in [0.05, 0.1) is 43.1 Å². The van der Waals surface area contributed by atoms with Gasteiger partial charge in [-0.25, -0.2) is 14.4 Å². The van der Waals surface area contributed by atoms with Crippen LogP contribution in [-0.2, 0) is 0 Å². The molecule has 2 heterocycles. The zero-order chi connectivity index (χ0) is 23.9. The molecule has 1 amide bonds. The van der Waals surface area contributed by atoms with Crippen LogP contribution in [0.1, 0.15) is 15.9 Å². The van der Waals surface area contributed by atoms with Gasteiger partial charge >= 0.3 is 0 Å². The van der Waals surface area contributed by atoms with E-state index in [2.05, 4.69) is 36.5 Å². The molecule has 33 heavy (non-hydrogen) atoms. The minimum atomic E-state index is -0.526. The van der Waals surface area contributed by atoms with Crippen molar-refractivity contribution in [1.29, 1.82) is 0 Å². The number of hydrogen-bond donors (Lipinski definition) is 2. The van der Waals surface area contributed by atoms with Gasteiger partial charge in [-0.3, -0.25) is 4.79 Å². The zero-order valence-corrected chi connectivity index (χ0v) is 21.6. The Labute approximate surface area is 215 Å². The van der Waals surface area contributed by atoms with Crippen LogP contribution in [-0.4, -0.2) is 23.0 Å². The quantitative estimate of drug-likeness (QED) is 0.247. The number of thiophene rings is 1. The molecule has 2 N–H and O–H groups in total. The third-order valence-electron chi connectivity index (χ3n) is 4.72. The normalized spacial score (nSPS) is 11.0. The highest BCUT2D eigenvalue weighted by Gasteiger charge is 2.23. The van der Waals surface area contributed by atoms with E-state index in [1.54, 1.807) is 12.3 Å². The lowest BCUT2D eigenvalue weighted by Gasteiger charge is -2.16. The van der Waals surface area contributed by atoms with E-state index in [-0.39, 0.29) is 20.8 Å². The fraction of sp³-hybridized carbons (Fsp3) is 0.0952. The molecule has 0 spiro atoms. The topological polar surface area (TPSA) is 76.1 Å². The van der Waals surface area contributed by atoms with Crippen molar-refractivity contribution < 1.29 is 13.9 Å². The SMILES string of the molecule is COc1c(Cl)c(NC(=O)c2csc3c(Nc4ccc(F)c(Cl)c4)ncnc23)c(Cl)c(C)c1Br. The average molecular weight is 591 g/mol. The minimum absolute atomic E-state index is 0.0227. The van der Waals surface area contributed by atoms with Gasteiger partial charge in [-0.1, -0.05) is 34.8 Å². The van der Waals surface area contributed by atoms with Gasteiger partial charge in [0, 0.05) is 11.1 Å². The predicted molar refractivity (Wildman–Crippen MR) is 136 cm³/mol. The number of ether oxygens (including phenoxy) is 1. The first-order valence-corrected chi connectivity index (χ1v) is 12.0. The molecule has 2 aromatic heterocycles. The molecule has 0 saturated heterocycles. The number of hydrogen-bond acceptors (Lipinski definition) is 6. The lowest BCUT2D eigenvalue weighted by molar-refractivity contribution is 0.102. The van der Waals surface area contributed by atoms with E-state index in [1.807, 2.05) is 0 Å². The molecule has 0 unspecified atom stereocenters. The van der Waals surface area contributed by atoms with E-state index in [0.29, 0.717) is 43.1 Å². The number of carbonyl (C=O) groups is 1. The van der Waals surface area contributed by atoms with Gasteiger partial charge < -0.3 is 15.4 Å². The highest BCUT2D eigenvalue weighted by Crippen LogP contribution is 2.46. The van der Waals surface area contributed by atoms with E-state index in [0.717, 1.165) is 0 Å². The van der Waals surface area contributed by atoms with Crippen LogP contribution in [0.4, 0.5) is 21.6 Å². The molecule has 0 aliphatic rings. The van der Waals surface area contributed by atoms with Crippen molar-refractivity contribution in [2.24, 2.45) is 0 Å². The molecule has 0 saturated carbocycles. The summed E-state index contributed by atoms with van der Waals surface area (Å²) in [6.45, 7) is 1.77. The molecule has 4 rings (SSSR count). The van der Waals surface area contributed by atoms with Crippen molar-refractivity contribution >= 4 is 95.4 Å². The summed E-state index contributed by atoms with van der Waals surface area (Å²) in [5, 5.41) is 7.92. The Kier molecular flexibility index (Phi) is 6.97. The number of anilines is 3. The van der Waals surface area contributed by atoms with Crippen molar-refractivity contribution in [2.45, 2.75) is 6.92 Å². The Hall–Kier alpha value is -2.17. The van der Waals surface area contributed by atoms with Crippen LogP contribution in [0.3, 0.4) is 0 Å². The summed E-state index contributed by atoms with van der Waals surface area (Å²) < 4.78 is 20.0. The first kappa shape index (κ1) is 24.0. The molecule has 0 atom stereocenters. The number of methoxy groups -OCH3 is 1. The molecule has 0 bridgehead atoms. The molecule has 170 valence electrons. The number of fused-ring (bicyclic) bond motifs is 1. The second kappa shape index (κ2) is 9.60. The number of amides is 1. The number of nitrogens with zero attached hydrogens (tertiary/aromatic N) is 2. The lowest BCUT2D eigenvalue weighted by Crippen LogP contribution is -2.13. The Morgan fingerprint density at radius 1 is 1.21 bits per heavy atom. The van der Waals surface area contributed by atoms with Crippen molar-refractivity contribution in [3.8, 4) is 5.75 Å². The second-order valence-corrected chi connectivity index (χ2v) is 9.57. The van der Waals surface area contributed by atoms with E-state index in [4.69, 9.17) is 39.5 Å². The highest BCUT2D eigenvalue weighted by atomic mass is 79.9. The Morgan fingerprint density at radius 2 is 1.97 bits per heavy atom. The molecular formula is C21H13BrCl3FN4O2S. The third-order valence-corrected chi connectivity index (χ3v) is 7.77. The van der Waals surface area contributed by atoms with E-state index < -0.39 is 11.7 Å². The monoisotopic (exact) mass is 588 g/mol. The van der Waals surface area contributed by atoms with Crippen molar-refractivity contribution in [1.82, 2.24) is 9.97 Å². The van der Waals surface area contributed by atoms with E-state index in [1.165, 1.54) is 43.0 Å². The smallest absolute Gasteiger partial charge is 0.258 e. The Balaban J connectivity index is 1.69. The fourth-order valence-corrected chi connectivity index (χ4v) is 5.55. The van der Waals surface area contributed by atoms with Crippen LogP contribution in [0.25, 0.3) is 10.2 Å². The van der Waals surface area contributed by atoms with Crippen LogP contribution in [0.2, 0.25) is 15.1 Å². The summed E-state index contributed by atoms with van der Waals surface area (Å²) >= 11 is 23.4. The fourth-order valence-electron chi connectivity index (χ4n) is 3.04. The van der Waals surface area contributed by atoms with Gasteiger partial charge in [0.2, 0.25) is 0 Å². The molecular weight excluding hydrogens is 578 g/mol. The number of benzene rings is 2. The van der Waals surface area contributed by atoms with Crippen molar-refractivity contribution in [3.05, 3.63) is 66.4 Å². The van der Waals surface area contributed by atoms with Gasteiger partial charge in [-0.05, 0) is 46.6 Å². The van der Waals surface area contributed by atoms with Gasteiger partial charge in [-0.2, -0.15) is 0 Å². The lowest BCUT2D eigenvalue weighted by atomic mass is 10.2. The minimum Gasteiger partial charge on any atom is -0.494 e. The van der Waals surface area contributed by atoms with E-state index in [9.17, 15) is 9.18 Å². The molecule has 0 fully saturated rings. The van der Waals surface area contributed by atoms with Crippen LogP contribution >= 0.6 is 62.1 Å². The van der Waals surface area contributed by atoms with Crippen molar-refractivity contribution in [3.63, 3.8) is 0 Å². The number of carbonyl (C=O) groups excluding carboxylic acids is 1. The Bertz CT molecular complexity index is 1420. The maximum Gasteiger partial charge on any atom is 0.258 e. The Morgan fingerprint density at radius 3 is 2.67 bits per heavy atom. The largest absolute Gasteiger partial charge is 0.494 e. The number of nitrogens with one attached hydrogen (secondary N) is 2. The van der Waals surface area contributed by atoms with Crippen molar-refractivity contribution in [2.75, 3.05) is 17.7 Å². The predicted octanol–water partition coefficient (Wildman–Crippen LogP) is 7.87.